The van der Waals surface area contributed by atoms with Gasteiger partial charge in [-0.05, 0) is 37.9 Å². The van der Waals surface area contributed by atoms with Crippen LogP contribution in [0.15, 0.2) is 29.7 Å². The standard InChI is InChI=1S/C15H22N4S/c1-4-7-16-14(9-20-15-17-10-18-19-15)13-8-11(2)5-6-12(13)3/h5-6,8,10,14,16H,4,7,9H2,1-3H3,(H,17,18,19). The fraction of sp³-hybridized carbons (Fsp3) is 0.467. The van der Waals surface area contributed by atoms with Gasteiger partial charge in [0.15, 0.2) is 5.16 Å². The molecule has 0 aliphatic rings. The van der Waals surface area contributed by atoms with E-state index in [9.17, 15) is 0 Å². The highest BCUT2D eigenvalue weighted by atomic mass is 32.2. The molecule has 1 unspecified atom stereocenters. The lowest BCUT2D eigenvalue weighted by Gasteiger charge is -2.20. The Morgan fingerprint density at radius 3 is 2.90 bits per heavy atom. The first-order chi connectivity index (χ1) is 9.70. The van der Waals surface area contributed by atoms with Gasteiger partial charge < -0.3 is 5.32 Å². The number of hydrogen-bond donors (Lipinski definition) is 2. The van der Waals surface area contributed by atoms with E-state index >= 15 is 0 Å². The summed E-state index contributed by atoms with van der Waals surface area (Å²) in [5.41, 5.74) is 4.02. The molecule has 0 radical (unpaired) electrons. The highest BCUT2D eigenvalue weighted by Gasteiger charge is 2.14. The van der Waals surface area contributed by atoms with E-state index in [4.69, 9.17) is 0 Å². The minimum Gasteiger partial charge on any atom is -0.309 e. The maximum atomic E-state index is 4.17. The van der Waals surface area contributed by atoms with Crippen molar-refractivity contribution in [2.75, 3.05) is 12.3 Å². The number of nitrogens with one attached hydrogen (secondary N) is 2. The number of nitrogens with zero attached hydrogens (tertiary/aromatic N) is 2. The Morgan fingerprint density at radius 2 is 2.20 bits per heavy atom. The molecule has 0 aliphatic heterocycles. The van der Waals surface area contributed by atoms with Crippen LogP contribution in [0.1, 0.15) is 36.1 Å². The van der Waals surface area contributed by atoms with Crippen LogP contribution in [0.3, 0.4) is 0 Å². The summed E-state index contributed by atoms with van der Waals surface area (Å²) in [6, 6.07) is 6.98. The molecule has 2 aromatic rings. The van der Waals surface area contributed by atoms with Crippen molar-refractivity contribution in [2.24, 2.45) is 0 Å². The average molecular weight is 290 g/mol. The number of aryl methyl sites for hydroxylation is 2. The summed E-state index contributed by atoms with van der Waals surface area (Å²) in [4.78, 5) is 4.17. The number of hydrogen-bond acceptors (Lipinski definition) is 4. The first-order valence-corrected chi connectivity index (χ1v) is 7.98. The normalized spacial score (nSPS) is 12.6. The summed E-state index contributed by atoms with van der Waals surface area (Å²) in [7, 11) is 0. The molecule has 4 nitrogen and oxygen atoms in total. The lowest BCUT2D eigenvalue weighted by atomic mass is 10.00. The van der Waals surface area contributed by atoms with Crippen LogP contribution in [0.5, 0.6) is 0 Å². The van der Waals surface area contributed by atoms with E-state index < -0.39 is 0 Å². The average Bonchev–Trinajstić information content (AvgIpc) is 2.95. The van der Waals surface area contributed by atoms with E-state index in [0.717, 1.165) is 23.9 Å². The fourth-order valence-electron chi connectivity index (χ4n) is 2.14. The summed E-state index contributed by atoms with van der Waals surface area (Å²) in [5, 5.41) is 11.3. The smallest absolute Gasteiger partial charge is 0.183 e. The van der Waals surface area contributed by atoms with Crippen LogP contribution < -0.4 is 5.32 Å². The monoisotopic (exact) mass is 290 g/mol. The van der Waals surface area contributed by atoms with Crippen LogP contribution in [-0.2, 0) is 0 Å². The Kier molecular flexibility index (Phi) is 5.61. The third kappa shape index (κ3) is 4.08. The molecule has 5 heteroatoms. The summed E-state index contributed by atoms with van der Waals surface area (Å²) in [5.74, 6) is 0.944. The summed E-state index contributed by atoms with van der Waals surface area (Å²) < 4.78 is 0. The van der Waals surface area contributed by atoms with Crippen LogP contribution in [-0.4, -0.2) is 27.5 Å². The number of benzene rings is 1. The molecule has 0 fully saturated rings. The number of thioether (sulfide) groups is 1. The zero-order chi connectivity index (χ0) is 14.4. The van der Waals surface area contributed by atoms with Gasteiger partial charge in [0, 0.05) is 11.8 Å². The van der Waals surface area contributed by atoms with E-state index in [1.54, 1.807) is 18.1 Å². The molecular weight excluding hydrogens is 268 g/mol. The molecule has 1 atom stereocenters. The maximum absolute atomic E-state index is 4.17. The van der Waals surface area contributed by atoms with Crippen LogP contribution in [0.2, 0.25) is 0 Å². The molecule has 2 rings (SSSR count). The predicted octanol–water partition coefficient (Wildman–Crippen LogP) is 3.25. The van der Waals surface area contributed by atoms with E-state index in [0.29, 0.717) is 6.04 Å². The highest BCUT2D eigenvalue weighted by molar-refractivity contribution is 7.99. The van der Waals surface area contributed by atoms with Gasteiger partial charge in [0.25, 0.3) is 0 Å². The van der Waals surface area contributed by atoms with Gasteiger partial charge >= 0.3 is 0 Å². The van der Waals surface area contributed by atoms with E-state index in [-0.39, 0.29) is 0 Å². The first-order valence-electron chi connectivity index (χ1n) is 6.99. The van der Waals surface area contributed by atoms with Gasteiger partial charge in [-0.1, -0.05) is 42.4 Å². The Bertz CT molecular complexity index is 525. The van der Waals surface area contributed by atoms with Crippen molar-refractivity contribution in [2.45, 2.75) is 38.4 Å². The van der Waals surface area contributed by atoms with Gasteiger partial charge in [-0.3, -0.25) is 5.10 Å². The Labute approximate surface area is 124 Å². The first kappa shape index (κ1) is 15.1. The third-order valence-corrected chi connectivity index (χ3v) is 4.20. The van der Waals surface area contributed by atoms with Crippen molar-refractivity contribution in [1.29, 1.82) is 0 Å². The molecule has 0 bridgehead atoms. The van der Waals surface area contributed by atoms with Crippen LogP contribution in [0.25, 0.3) is 0 Å². The van der Waals surface area contributed by atoms with Crippen molar-refractivity contribution in [3.8, 4) is 0 Å². The van der Waals surface area contributed by atoms with Crippen molar-refractivity contribution in [3.63, 3.8) is 0 Å². The number of rotatable bonds is 7. The maximum Gasteiger partial charge on any atom is 0.183 e. The molecule has 0 saturated carbocycles. The number of H-pyrrole nitrogens is 1. The molecule has 0 saturated heterocycles. The van der Waals surface area contributed by atoms with Crippen molar-refractivity contribution < 1.29 is 0 Å². The molecule has 2 N–H and O–H groups in total. The van der Waals surface area contributed by atoms with Crippen molar-refractivity contribution in [1.82, 2.24) is 20.5 Å². The lowest BCUT2D eigenvalue weighted by Crippen LogP contribution is -2.25. The Balaban J connectivity index is 2.11. The summed E-state index contributed by atoms with van der Waals surface area (Å²) in [6.07, 6.45) is 2.68. The van der Waals surface area contributed by atoms with Crippen molar-refractivity contribution >= 4 is 11.8 Å². The number of aromatic nitrogens is 3. The molecule has 108 valence electrons. The minimum atomic E-state index is 0.338. The summed E-state index contributed by atoms with van der Waals surface area (Å²) >= 11 is 1.70. The van der Waals surface area contributed by atoms with Gasteiger partial charge in [-0.25, -0.2) is 4.98 Å². The lowest BCUT2D eigenvalue weighted by molar-refractivity contribution is 0.574. The molecule has 1 aromatic carbocycles. The molecular formula is C15H22N4S. The Morgan fingerprint density at radius 1 is 1.35 bits per heavy atom. The molecule has 20 heavy (non-hydrogen) atoms. The van der Waals surface area contributed by atoms with Crippen molar-refractivity contribution in [3.05, 3.63) is 41.2 Å². The van der Waals surface area contributed by atoms with E-state index in [2.05, 4.69) is 59.5 Å². The predicted molar refractivity (Wildman–Crippen MR) is 84.1 cm³/mol. The zero-order valence-corrected chi connectivity index (χ0v) is 13.1. The van der Waals surface area contributed by atoms with E-state index in [1.807, 2.05) is 0 Å². The third-order valence-electron chi connectivity index (χ3n) is 3.23. The van der Waals surface area contributed by atoms with Gasteiger partial charge in [0.2, 0.25) is 0 Å². The fourth-order valence-corrected chi connectivity index (χ4v) is 3.00. The molecule has 0 aliphatic carbocycles. The SMILES string of the molecule is CCCNC(CSc1ncn[nH]1)c1cc(C)ccc1C. The second-order valence-corrected chi connectivity index (χ2v) is 5.98. The largest absolute Gasteiger partial charge is 0.309 e. The molecule has 0 amide bonds. The molecule has 0 spiro atoms. The van der Waals surface area contributed by atoms with Crippen LogP contribution in [0, 0.1) is 13.8 Å². The van der Waals surface area contributed by atoms with Crippen LogP contribution in [0.4, 0.5) is 0 Å². The second-order valence-electron chi connectivity index (χ2n) is 4.97. The van der Waals surface area contributed by atoms with Gasteiger partial charge in [0.1, 0.15) is 6.33 Å². The quantitative estimate of drug-likeness (QED) is 0.769. The van der Waals surface area contributed by atoms with Gasteiger partial charge in [-0.2, -0.15) is 5.10 Å². The summed E-state index contributed by atoms with van der Waals surface area (Å²) in [6.45, 7) is 7.53. The second kappa shape index (κ2) is 7.45. The number of aromatic amines is 1. The van der Waals surface area contributed by atoms with Gasteiger partial charge in [-0.15, -0.1) is 0 Å². The molecule has 1 heterocycles. The highest BCUT2D eigenvalue weighted by Crippen LogP contribution is 2.25. The van der Waals surface area contributed by atoms with Crippen LogP contribution >= 0.6 is 11.8 Å². The minimum absolute atomic E-state index is 0.338. The Hall–Kier alpha value is -1.33. The van der Waals surface area contributed by atoms with Gasteiger partial charge in [0.05, 0.1) is 0 Å². The topological polar surface area (TPSA) is 53.6 Å². The van der Waals surface area contributed by atoms with E-state index in [1.165, 1.54) is 16.7 Å². The zero-order valence-electron chi connectivity index (χ0n) is 12.3. The molecule has 1 aromatic heterocycles.